The fraction of sp³-hybridized carbons (Fsp3) is 0.385. The summed E-state index contributed by atoms with van der Waals surface area (Å²) in [4.78, 5) is 17.0. The molecule has 3 aliphatic heterocycles. The first-order valence-corrected chi connectivity index (χ1v) is 14.3. The fourth-order valence-electron chi connectivity index (χ4n) is 6.20. The van der Waals surface area contributed by atoms with Crippen LogP contribution in [-0.2, 0) is 23.3 Å². The van der Waals surface area contributed by atoms with Gasteiger partial charge in [-0.3, -0.25) is 9.48 Å². The summed E-state index contributed by atoms with van der Waals surface area (Å²) in [5.74, 6) is -2.25. The molecule has 0 N–H and O–H groups in total. The van der Waals surface area contributed by atoms with Gasteiger partial charge in [-0.2, -0.15) is 5.10 Å². The second-order valence-electron chi connectivity index (χ2n) is 10.6. The van der Waals surface area contributed by atoms with Gasteiger partial charge >= 0.3 is 0 Å². The number of hydrogen-bond acceptors (Lipinski definition) is 5. The van der Waals surface area contributed by atoms with Gasteiger partial charge in [-0.25, -0.2) is 21.6 Å². The van der Waals surface area contributed by atoms with Crippen LogP contribution in [0.4, 0.5) is 18.9 Å². The van der Waals surface area contributed by atoms with Crippen molar-refractivity contribution in [1.82, 2.24) is 14.7 Å². The predicted molar refractivity (Wildman–Crippen MR) is 136 cm³/mol. The summed E-state index contributed by atoms with van der Waals surface area (Å²) < 4.78 is 67.3. The number of halogens is 4. The van der Waals surface area contributed by atoms with Gasteiger partial charge < -0.3 is 9.80 Å². The van der Waals surface area contributed by atoms with Gasteiger partial charge in [0, 0.05) is 49.3 Å². The molecule has 7 nitrogen and oxygen atoms in total. The number of carbonyl (C=O) groups is 1. The van der Waals surface area contributed by atoms with Crippen molar-refractivity contribution in [3.05, 3.63) is 69.6 Å². The van der Waals surface area contributed by atoms with Gasteiger partial charge in [-0.1, -0.05) is 11.6 Å². The van der Waals surface area contributed by atoms with Crippen LogP contribution in [0.5, 0.6) is 0 Å². The van der Waals surface area contributed by atoms with Gasteiger partial charge in [-0.15, -0.1) is 0 Å². The van der Waals surface area contributed by atoms with E-state index in [2.05, 4.69) is 5.10 Å². The fourth-order valence-corrected chi connectivity index (χ4v) is 8.65. The standard InChI is InChI=1S/C26H24ClF3N4O3S/c1-14-23-19(24(32(2)31-23)15-5-16(28)7-17(29)6-15)3-4-34(14)25(35)20-8-18(30)9-21(22(20)27)33-10-26(11-33)12-38(36,37)13-26/h5-9,14H,3-4,10-13H2,1-2H3. The average Bonchev–Trinajstić information content (AvgIpc) is 3.13. The van der Waals surface area contributed by atoms with E-state index < -0.39 is 39.2 Å². The Hall–Kier alpha value is -3.05. The van der Waals surface area contributed by atoms with Crippen LogP contribution in [0.15, 0.2) is 30.3 Å². The molecule has 12 heteroatoms. The number of hydrogen-bond donors (Lipinski definition) is 0. The number of fused-ring (bicyclic) bond motifs is 1. The van der Waals surface area contributed by atoms with Crippen molar-refractivity contribution in [2.24, 2.45) is 12.5 Å². The first kappa shape index (κ1) is 25.2. The third-order valence-electron chi connectivity index (χ3n) is 7.73. The molecule has 0 radical (unpaired) electrons. The zero-order chi connectivity index (χ0) is 27.1. The molecule has 38 heavy (non-hydrogen) atoms. The predicted octanol–water partition coefficient (Wildman–Crippen LogP) is 4.15. The quantitative estimate of drug-likeness (QED) is 0.478. The number of rotatable bonds is 3. The Morgan fingerprint density at radius 3 is 2.32 bits per heavy atom. The molecular weight excluding hydrogens is 541 g/mol. The highest BCUT2D eigenvalue weighted by Gasteiger charge is 2.56. The SMILES string of the molecule is CC1c2nn(C)c(-c3cc(F)cc(F)c3)c2CCN1C(=O)c1cc(F)cc(N2CC3(C2)CS(=O)(=O)C3)c1Cl. The van der Waals surface area contributed by atoms with Gasteiger partial charge in [0.2, 0.25) is 0 Å². The number of sulfone groups is 1. The van der Waals surface area contributed by atoms with E-state index in [0.717, 1.165) is 17.7 Å². The van der Waals surface area contributed by atoms with Crippen LogP contribution in [0.25, 0.3) is 11.3 Å². The molecule has 3 aromatic rings. The summed E-state index contributed by atoms with van der Waals surface area (Å²) >= 11 is 6.63. The second kappa shape index (κ2) is 8.47. The monoisotopic (exact) mass is 564 g/mol. The molecule has 6 rings (SSSR count). The molecule has 1 unspecified atom stereocenters. The first-order chi connectivity index (χ1) is 17.9. The molecular formula is C26H24ClF3N4O3S. The summed E-state index contributed by atoms with van der Waals surface area (Å²) in [5.41, 5.74) is 2.38. The summed E-state index contributed by atoms with van der Waals surface area (Å²) in [6.45, 7) is 2.94. The number of aryl methyl sites for hydroxylation is 1. The minimum atomic E-state index is -3.00. The lowest BCUT2D eigenvalue weighted by atomic mass is 9.82. The number of aromatic nitrogens is 2. The lowest BCUT2D eigenvalue weighted by Gasteiger charge is -2.56. The molecule has 0 aliphatic carbocycles. The number of nitrogens with zero attached hydrogens (tertiary/aromatic N) is 4. The largest absolute Gasteiger partial charge is 0.369 e. The van der Waals surface area contributed by atoms with Gasteiger partial charge in [0.15, 0.2) is 9.84 Å². The number of amides is 1. The minimum absolute atomic E-state index is 0.0162. The Morgan fingerprint density at radius 1 is 1.05 bits per heavy atom. The van der Waals surface area contributed by atoms with Crippen molar-refractivity contribution >= 4 is 33.0 Å². The van der Waals surface area contributed by atoms with E-state index in [1.165, 1.54) is 18.2 Å². The molecule has 2 aromatic carbocycles. The molecule has 2 fully saturated rings. The topological polar surface area (TPSA) is 75.5 Å². The maximum absolute atomic E-state index is 14.7. The number of anilines is 1. The maximum atomic E-state index is 14.7. The third-order valence-corrected chi connectivity index (χ3v) is 10.2. The molecule has 4 heterocycles. The highest BCUT2D eigenvalue weighted by Crippen LogP contribution is 2.46. The zero-order valence-corrected chi connectivity index (χ0v) is 22.2. The number of carbonyl (C=O) groups excluding carboxylic acids is 1. The zero-order valence-electron chi connectivity index (χ0n) is 20.6. The smallest absolute Gasteiger partial charge is 0.256 e. The van der Waals surface area contributed by atoms with Crippen molar-refractivity contribution in [3.8, 4) is 11.3 Å². The summed E-state index contributed by atoms with van der Waals surface area (Å²) in [7, 11) is -1.32. The van der Waals surface area contributed by atoms with E-state index in [0.29, 0.717) is 42.1 Å². The van der Waals surface area contributed by atoms with Crippen LogP contribution in [0.3, 0.4) is 0 Å². The normalized spacial score (nSPS) is 21.2. The van der Waals surface area contributed by atoms with Gasteiger partial charge in [-0.05, 0) is 37.6 Å². The lowest BCUT2D eigenvalue weighted by molar-refractivity contribution is 0.0673. The highest BCUT2D eigenvalue weighted by molar-refractivity contribution is 7.92. The van der Waals surface area contributed by atoms with E-state index in [1.54, 1.807) is 28.5 Å². The Morgan fingerprint density at radius 2 is 1.68 bits per heavy atom. The van der Waals surface area contributed by atoms with Crippen LogP contribution in [0.1, 0.15) is 34.6 Å². The molecule has 1 amide bonds. The third kappa shape index (κ3) is 3.98. The van der Waals surface area contributed by atoms with Crippen molar-refractivity contribution < 1.29 is 26.4 Å². The first-order valence-electron chi connectivity index (χ1n) is 12.1. The van der Waals surface area contributed by atoms with Crippen molar-refractivity contribution in [2.75, 3.05) is 36.0 Å². The van der Waals surface area contributed by atoms with E-state index in [-0.39, 0.29) is 34.1 Å². The average molecular weight is 565 g/mol. The molecule has 0 saturated carbocycles. The van der Waals surface area contributed by atoms with Crippen LogP contribution < -0.4 is 4.90 Å². The number of benzene rings is 2. The van der Waals surface area contributed by atoms with Crippen LogP contribution in [0.2, 0.25) is 5.02 Å². The summed E-state index contributed by atoms with van der Waals surface area (Å²) in [6.07, 6.45) is 0.385. The van der Waals surface area contributed by atoms with Crippen molar-refractivity contribution in [2.45, 2.75) is 19.4 Å². The molecule has 1 atom stereocenters. The molecule has 1 aromatic heterocycles. The highest BCUT2D eigenvalue weighted by atomic mass is 35.5. The Kier molecular flexibility index (Phi) is 5.63. The van der Waals surface area contributed by atoms with Crippen LogP contribution >= 0.6 is 11.6 Å². The Bertz CT molecular complexity index is 1580. The molecule has 2 saturated heterocycles. The van der Waals surface area contributed by atoms with Gasteiger partial charge in [0.25, 0.3) is 5.91 Å². The molecule has 3 aliphatic rings. The second-order valence-corrected chi connectivity index (χ2v) is 13.0. The maximum Gasteiger partial charge on any atom is 0.256 e. The van der Waals surface area contributed by atoms with Crippen molar-refractivity contribution in [3.63, 3.8) is 0 Å². The molecule has 1 spiro atoms. The van der Waals surface area contributed by atoms with E-state index in [1.807, 2.05) is 0 Å². The Balaban J connectivity index is 1.28. The van der Waals surface area contributed by atoms with E-state index >= 15 is 0 Å². The molecule has 0 bridgehead atoms. The summed E-state index contributed by atoms with van der Waals surface area (Å²) in [6, 6.07) is 5.17. The van der Waals surface area contributed by atoms with Crippen LogP contribution in [-0.4, -0.2) is 60.1 Å². The minimum Gasteiger partial charge on any atom is -0.369 e. The summed E-state index contributed by atoms with van der Waals surface area (Å²) in [5, 5.41) is 4.67. The van der Waals surface area contributed by atoms with Crippen molar-refractivity contribution in [1.29, 1.82) is 0 Å². The van der Waals surface area contributed by atoms with Gasteiger partial charge in [0.1, 0.15) is 17.5 Å². The van der Waals surface area contributed by atoms with Crippen LogP contribution in [0, 0.1) is 22.9 Å². The van der Waals surface area contributed by atoms with Gasteiger partial charge in [0.05, 0.1) is 45.2 Å². The van der Waals surface area contributed by atoms with E-state index in [9.17, 15) is 26.4 Å². The Labute approximate surface area is 222 Å². The van der Waals surface area contributed by atoms with E-state index in [4.69, 9.17) is 11.6 Å². The lowest BCUT2D eigenvalue weighted by Crippen LogP contribution is -2.68. The molecule has 200 valence electrons.